The Balaban J connectivity index is 1.85. The second-order valence-corrected chi connectivity index (χ2v) is 4.80. The smallest absolute Gasteiger partial charge is 0.226 e. The average molecular weight is 272 g/mol. The zero-order valence-electron chi connectivity index (χ0n) is 11.2. The van der Waals surface area contributed by atoms with Gasteiger partial charge in [-0.25, -0.2) is 4.98 Å². The highest BCUT2D eigenvalue weighted by Gasteiger charge is 2.10. The van der Waals surface area contributed by atoms with Crippen molar-refractivity contribution in [1.82, 2.24) is 9.97 Å². The molecule has 100 valence electrons. The summed E-state index contributed by atoms with van der Waals surface area (Å²) in [4.78, 5) is 8.61. The van der Waals surface area contributed by atoms with Crippen molar-refractivity contribution in [2.45, 2.75) is 0 Å². The molecule has 21 heavy (non-hydrogen) atoms. The zero-order chi connectivity index (χ0) is 14.1. The number of pyridine rings is 1. The number of hydrogen-bond acceptors (Lipinski definition) is 3. The van der Waals surface area contributed by atoms with Crippen LogP contribution in [-0.2, 0) is 0 Å². The summed E-state index contributed by atoms with van der Waals surface area (Å²) in [5, 5.41) is 2.37. The van der Waals surface area contributed by atoms with E-state index in [0.717, 1.165) is 16.8 Å². The number of hydrogen-bond donors (Lipinski definition) is 0. The van der Waals surface area contributed by atoms with Crippen LogP contribution in [0, 0.1) is 0 Å². The maximum Gasteiger partial charge on any atom is 0.226 e. The van der Waals surface area contributed by atoms with E-state index in [1.807, 2.05) is 30.3 Å². The van der Waals surface area contributed by atoms with Crippen LogP contribution in [0.5, 0.6) is 0 Å². The molecule has 0 saturated carbocycles. The molecule has 0 radical (unpaired) electrons. The highest BCUT2D eigenvalue weighted by Crippen LogP contribution is 2.29. The highest BCUT2D eigenvalue weighted by atomic mass is 16.3. The van der Waals surface area contributed by atoms with Crippen LogP contribution in [0.1, 0.15) is 0 Å². The van der Waals surface area contributed by atoms with Crippen LogP contribution < -0.4 is 0 Å². The van der Waals surface area contributed by atoms with Crippen LogP contribution >= 0.6 is 0 Å². The van der Waals surface area contributed by atoms with Crippen molar-refractivity contribution < 1.29 is 4.42 Å². The lowest BCUT2D eigenvalue weighted by atomic mass is 10.0. The van der Waals surface area contributed by atoms with Crippen LogP contribution in [0.2, 0.25) is 0 Å². The van der Waals surface area contributed by atoms with E-state index >= 15 is 0 Å². The molecule has 0 N–H and O–H groups in total. The molecule has 3 nitrogen and oxygen atoms in total. The van der Waals surface area contributed by atoms with Crippen LogP contribution in [0.3, 0.4) is 0 Å². The monoisotopic (exact) mass is 272 g/mol. The Morgan fingerprint density at radius 2 is 1.62 bits per heavy atom. The van der Waals surface area contributed by atoms with Gasteiger partial charge in [-0.15, -0.1) is 0 Å². The fourth-order valence-electron chi connectivity index (χ4n) is 2.47. The maximum atomic E-state index is 5.62. The SMILES string of the molecule is c1ccc2c(-c3coc(-c4ccncc4)n3)cccc2c1. The van der Waals surface area contributed by atoms with E-state index in [1.54, 1.807) is 18.7 Å². The van der Waals surface area contributed by atoms with Crippen molar-refractivity contribution in [1.29, 1.82) is 0 Å². The van der Waals surface area contributed by atoms with Gasteiger partial charge in [-0.2, -0.15) is 0 Å². The minimum absolute atomic E-state index is 0.611. The topological polar surface area (TPSA) is 38.9 Å². The number of aromatic nitrogens is 2. The average Bonchev–Trinajstić information content (AvgIpc) is 3.05. The Hall–Kier alpha value is -2.94. The van der Waals surface area contributed by atoms with E-state index in [-0.39, 0.29) is 0 Å². The van der Waals surface area contributed by atoms with Crippen molar-refractivity contribution in [2.75, 3.05) is 0 Å². The fraction of sp³-hybridized carbons (Fsp3) is 0. The fourth-order valence-corrected chi connectivity index (χ4v) is 2.47. The van der Waals surface area contributed by atoms with Crippen molar-refractivity contribution >= 4 is 10.8 Å². The van der Waals surface area contributed by atoms with Gasteiger partial charge in [0.25, 0.3) is 0 Å². The highest BCUT2D eigenvalue weighted by molar-refractivity contribution is 5.95. The molecule has 4 rings (SSSR count). The predicted octanol–water partition coefficient (Wildman–Crippen LogP) is 4.56. The third-order valence-electron chi connectivity index (χ3n) is 3.50. The Labute approximate surface area is 121 Å². The van der Waals surface area contributed by atoms with Crippen LogP contribution in [0.4, 0.5) is 0 Å². The van der Waals surface area contributed by atoms with Gasteiger partial charge in [0.1, 0.15) is 12.0 Å². The number of rotatable bonds is 2. The number of oxazole rings is 1. The van der Waals surface area contributed by atoms with Gasteiger partial charge in [-0.05, 0) is 22.9 Å². The summed E-state index contributed by atoms with van der Waals surface area (Å²) in [5.41, 5.74) is 2.85. The Bertz CT molecular complexity index is 892. The summed E-state index contributed by atoms with van der Waals surface area (Å²) in [6.07, 6.45) is 5.17. The number of benzene rings is 2. The normalized spacial score (nSPS) is 10.9. The van der Waals surface area contributed by atoms with Crippen LogP contribution in [0.15, 0.2) is 77.7 Å². The molecule has 0 aliphatic rings. The lowest BCUT2D eigenvalue weighted by Crippen LogP contribution is -1.82. The van der Waals surface area contributed by atoms with E-state index in [2.05, 4.69) is 34.2 Å². The summed E-state index contributed by atoms with van der Waals surface area (Å²) in [6.45, 7) is 0. The van der Waals surface area contributed by atoms with Crippen molar-refractivity contribution in [3.63, 3.8) is 0 Å². The first-order valence-corrected chi connectivity index (χ1v) is 6.76. The largest absolute Gasteiger partial charge is 0.444 e. The minimum Gasteiger partial charge on any atom is -0.444 e. The quantitative estimate of drug-likeness (QED) is 0.537. The van der Waals surface area contributed by atoms with Gasteiger partial charge in [-0.3, -0.25) is 4.98 Å². The van der Waals surface area contributed by atoms with Gasteiger partial charge >= 0.3 is 0 Å². The first-order valence-electron chi connectivity index (χ1n) is 6.76. The molecular weight excluding hydrogens is 260 g/mol. The molecule has 0 amide bonds. The minimum atomic E-state index is 0.611. The first kappa shape index (κ1) is 11.9. The van der Waals surface area contributed by atoms with Gasteiger partial charge in [0.15, 0.2) is 0 Å². The molecule has 2 aromatic carbocycles. The molecule has 0 aliphatic heterocycles. The lowest BCUT2D eigenvalue weighted by molar-refractivity contribution is 0.575. The van der Waals surface area contributed by atoms with E-state index in [4.69, 9.17) is 4.42 Å². The maximum absolute atomic E-state index is 5.62. The summed E-state index contributed by atoms with van der Waals surface area (Å²) >= 11 is 0. The van der Waals surface area contributed by atoms with Gasteiger partial charge in [0.2, 0.25) is 5.89 Å². The molecule has 0 unspecified atom stereocenters. The zero-order valence-corrected chi connectivity index (χ0v) is 11.2. The molecule has 0 aliphatic carbocycles. The molecule has 0 saturated heterocycles. The Morgan fingerprint density at radius 1 is 0.810 bits per heavy atom. The van der Waals surface area contributed by atoms with E-state index in [9.17, 15) is 0 Å². The Morgan fingerprint density at radius 3 is 2.52 bits per heavy atom. The van der Waals surface area contributed by atoms with Crippen LogP contribution in [-0.4, -0.2) is 9.97 Å². The third-order valence-corrected chi connectivity index (χ3v) is 3.50. The second kappa shape index (κ2) is 4.87. The molecule has 2 aromatic heterocycles. The van der Waals surface area contributed by atoms with Crippen molar-refractivity contribution in [3.8, 4) is 22.7 Å². The third kappa shape index (κ3) is 2.09. The lowest BCUT2D eigenvalue weighted by Gasteiger charge is -2.02. The summed E-state index contributed by atoms with van der Waals surface area (Å²) in [5.74, 6) is 0.611. The molecular formula is C18H12N2O. The van der Waals surface area contributed by atoms with Crippen molar-refractivity contribution in [2.24, 2.45) is 0 Å². The first-order chi connectivity index (χ1) is 10.4. The second-order valence-electron chi connectivity index (χ2n) is 4.80. The summed E-state index contributed by atoms with van der Waals surface area (Å²) in [7, 11) is 0. The molecule has 2 heterocycles. The molecule has 0 fully saturated rings. The van der Waals surface area contributed by atoms with Gasteiger partial charge in [0.05, 0.1) is 0 Å². The molecule has 0 spiro atoms. The number of fused-ring (bicyclic) bond motifs is 1. The molecule has 3 heteroatoms. The van der Waals surface area contributed by atoms with Gasteiger partial charge < -0.3 is 4.42 Å². The summed E-state index contributed by atoms with van der Waals surface area (Å²) in [6, 6.07) is 18.3. The summed E-state index contributed by atoms with van der Waals surface area (Å²) < 4.78 is 5.62. The Kier molecular flexibility index (Phi) is 2.75. The standard InChI is InChI=1S/C18H12N2O/c1-2-6-15-13(4-1)5-3-7-16(15)17-12-21-18(20-17)14-8-10-19-11-9-14/h1-12H. The number of nitrogens with zero attached hydrogens (tertiary/aromatic N) is 2. The van der Waals surface area contributed by atoms with Gasteiger partial charge in [0, 0.05) is 23.5 Å². The molecule has 0 bridgehead atoms. The van der Waals surface area contributed by atoms with E-state index in [1.165, 1.54) is 10.8 Å². The molecule has 0 atom stereocenters. The van der Waals surface area contributed by atoms with E-state index < -0.39 is 0 Å². The molecule has 4 aromatic rings. The van der Waals surface area contributed by atoms with E-state index in [0.29, 0.717) is 5.89 Å². The van der Waals surface area contributed by atoms with Gasteiger partial charge in [-0.1, -0.05) is 42.5 Å². The predicted molar refractivity (Wildman–Crippen MR) is 82.7 cm³/mol. The van der Waals surface area contributed by atoms with Crippen molar-refractivity contribution in [3.05, 3.63) is 73.3 Å². The van der Waals surface area contributed by atoms with Crippen LogP contribution in [0.25, 0.3) is 33.5 Å².